The molecule has 0 aliphatic carbocycles. The number of carbonyl (C=O) groups is 1. The molecule has 1 aromatic heterocycles. The molecule has 25 heavy (non-hydrogen) atoms. The van der Waals surface area contributed by atoms with Crippen molar-refractivity contribution in [2.75, 3.05) is 17.3 Å². The lowest BCUT2D eigenvalue weighted by Crippen LogP contribution is -2.17. The average molecular weight is 332 g/mol. The molecule has 0 fully saturated rings. The Bertz CT molecular complexity index is 893. The minimum Gasteiger partial charge on any atom is -0.329 e. The molecule has 5 heteroatoms. The van der Waals surface area contributed by atoms with Crippen LogP contribution in [-0.4, -0.2) is 22.9 Å². The Kier molecular flexibility index (Phi) is 4.75. The number of aromatic nitrogens is 2. The van der Waals surface area contributed by atoms with Crippen LogP contribution in [0.25, 0.3) is 0 Å². The molecule has 2 aromatic carbocycles. The van der Waals surface area contributed by atoms with Gasteiger partial charge in [0.05, 0.1) is 0 Å². The van der Waals surface area contributed by atoms with Crippen LogP contribution in [-0.2, 0) is 0 Å². The summed E-state index contributed by atoms with van der Waals surface area (Å²) >= 11 is 0. The monoisotopic (exact) mass is 332 g/mol. The molecule has 0 unspecified atom stereocenters. The van der Waals surface area contributed by atoms with Crippen LogP contribution in [0.15, 0.2) is 60.9 Å². The zero-order valence-electron chi connectivity index (χ0n) is 14.5. The maximum absolute atomic E-state index is 12.5. The summed E-state index contributed by atoms with van der Waals surface area (Å²) in [5, 5.41) is 2.88. The first-order valence-corrected chi connectivity index (χ1v) is 8.04. The van der Waals surface area contributed by atoms with E-state index in [0.717, 1.165) is 16.9 Å². The van der Waals surface area contributed by atoms with Gasteiger partial charge in [0, 0.05) is 24.5 Å². The van der Waals surface area contributed by atoms with Crippen molar-refractivity contribution >= 4 is 23.1 Å². The Labute approximate surface area is 147 Å². The van der Waals surface area contributed by atoms with Crippen molar-refractivity contribution in [2.24, 2.45) is 0 Å². The highest BCUT2D eigenvalue weighted by atomic mass is 16.1. The van der Waals surface area contributed by atoms with E-state index < -0.39 is 0 Å². The summed E-state index contributed by atoms with van der Waals surface area (Å²) in [4.78, 5) is 22.8. The van der Waals surface area contributed by atoms with Gasteiger partial charge in [-0.15, -0.1) is 0 Å². The quantitative estimate of drug-likeness (QED) is 0.781. The molecule has 0 saturated carbocycles. The smallest absolute Gasteiger partial charge is 0.274 e. The zero-order chi connectivity index (χ0) is 17.8. The van der Waals surface area contributed by atoms with E-state index in [-0.39, 0.29) is 5.91 Å². The first-order chi connectivity index (χ1) is 12.0. The maximum atomic E-state index is 12.5. The first-order valence-electron chi connectivity index (χ1n) is 8.04. The van der Waals surface area contributed by atoms with Gasteiger partial charge in [0.25, 0.3) is 5.91 Å². The molecule has 0 atom stereocenters. The van der Waals surface area contributed by atoms with Gasteiger partial charge < -0.3 is 10.2 Å². The molecule has 3 aromatic rings. The second-order valence-corrected chi connectivity index (χ2v) is 5.91. The molecule has 126 valence electrons. The third kappa shape index (κ3) is 3.83. The molecule has 1 N–H and O–H groups in total. The Hall–Kier alpha value is -3.21. The Morgan fingerprint density at radius 1 is 0.960 bits per heavy atom. The molecule has 0 spiro atoms. The molecule has 0 radical (unpaired) electrons. The number of rotatable bonds is 4. The van der Waals surface area contributed by atoms with Gasteiger partial charge in [0.2, 0.25) is 0 Å². The Balaban J connectivity index is 1.81. The molecule has 1 heterocycles. The first kappa shape index (κ1) is 16.6. The van der Waals surface area contributed by atoms with Gasteiger partial charge in [-0.3, -0.25) is 4.79 Å². The fraction of sp³-hybridized carbons (Fsp3) is 0.150. The third-order valence-electron chi connectivity index (χ3n) is 4.14. The minimum absolute atomic E-state index is 0.256. The lowest BCUT2D eigenvalue weighted by Gasteiger charge is -2.18. The second kappa shape index (κ2) is 7.13. The molecule has 5 nitrogen and oxygen atoms in total. The standard InChI is InChI=1S/C20H20N4O/c1-14-9-10-16(11-15(14)2)23-20(25)18-12-19(22-13-21-18)24(3)17-7-5-4-6-8-17/h4-13H,1-3H3,(H,23,25). The van der Waals surface area contributed by atoms with E-state index >= 15 is 0 Å². The summed E-state index contributed by atoms with van der Waals surface area (Å²) in [6.07, 6.45) is 1.41. The van der Waals surface area contributed by atoms with Gasteiger partial charge >= 0.3 is 0 Å². The van der Waals surface area contributed by atoms with Crippen molar-refractivity contribution in [1.82, 2.24) is 9.97 Å². The van der Waals surface area contributed by atoms with E-state index in [0.29, 0.717) is 11.5 Å². The van der Waals surface area contributed by atoms with Crippen molar-refractivity contribution < 1.29 is 4.79 Å². The summed E-state index contributed by atoms with van der Waals surface area (Å²) in [6, 6.07) is 17.3. The SMILES string of the molecule is Cc1ccc(NC(=O)c2cc(N(C)c3ccccc3)ncn2)cc1C. The number of hydrogen-bond acceptors (Lipinski definition) is 4. The highest BCUT2D eigenvalue weighted by Gasteiger charge is 2.12. The van der Waals surface area contributed by atoms with E-state index in [1.54, 1.807) is 6.07 Å². The molecule has 0 saturated heterocycles. The number of benzene rings is 2. The van der Waals surface area contributed by atoms with Crippen molar-refractivity contribution in [3.05, 3.63) is 77.7 Å². The van der Waals surface area contributed by atoms with Crippen LogP contribution in [0.2, 0.25) is 0 Å². The summed E-state index contributed by atoms with van der Waals surface area (Å²) in [5.41, 5.74) is 4.38. The van der Waals surface area contributed by atoms with Crippen LogP contribution >= 0.6 is 0 Å². The van der Waals surface area contributed by atoms with Crippen molar-refractivity contribution in [1.29, 1.82) is 0 Å². The number of aryl methyl sites for hydroxylation is 2. The van der Waals surface area contributed by atoms with Gasteiger partial charge in [-0.25, -0.2) is 9.97 Å². The normalized spacial score (nSPS) is 10.4. The van der Waals surface area contributed by atoms with Gasteiger partial charge in [0.1, 0.15) is 17.8 Å². The van der Waals surface area contributed by atoms with E-state index in [4.69, 9.17) is 0 Å². The van der Waals surface area contributed by atoms with Crippen LogP contribution in [0.1, 0.15) is 21.6 Å². The number of hydrogen-bond donors (Lipinski definition) is 1. The molecule has 0 bridgehead atoms. The predicted molar refractivity (Wildman–Crippen MR) is 100 cm³/mol. The average Bonchev–Trinajstić information content (AvgIpc) is 2.65. The fourth-order valence-electron chi connectivity index (χ4n) is 2.45. The second-order valence-electron chi connectivity index (χ2n) is 5.91. The summed E-state index contributed by atoms with van der Waals surface area (Å²) in [5.74, 6) is 0.403. The highest BCUT2D eigenvalue weighted by Crippen LogP contribution is 2.21. The Morgan fingerprint density at radius 3 is 2.44 bits per heavy atom. The number of anilines is 3. The summed E-state index contributed by atoms with van der Waals surface area (Å²) in [7, 11) is 1.91. The van der Waals surface area contributed by atoms with E-state index in [1.807, 2.05) is 74.3 Å². The van der Waals surface area contributed by atoms with Gasteiger partial charge in [0.15, 0.2) is 0 Å². The van der Waals surface area contributed by atoms with Crippen LogP contribution in [0.4, 0.5) is 17.2 Å². The van der Waals surface area contributed by atoms with Crippen LogP contribution in [0.5, 0.6) is 0 Å². The van der Waals surface area contributed by atoms with E-state index in [1.165, 1.54) is 11.9 Å². The lowest BCUT2D eigenvalue weighted by molar-refractivity contribution is 0.102. The van der Waals surface area contributed by atoms with Crippen LogP contribution in [0.3, 0.4) is 0 Å². The number of para-hydroxylation sites is 1. The van der Waals surface area contributed by atoms with Crippen LogP contribution < -0.4 is 10.2 Å². The predicted octanol–water partition coefficient (Wildman–Crippen LogP) is 4.11. The maximum Gasteiger partial charge on any atom is 0.274 e. The molecule has 1 amide bonds. The minimum atomic E-state index is -0.256. The Morgan fingerprint density at radius 2 is 1.72 bits per heavy atom. The molecular weight excluding hydrogens is 312 g/mol. The highest BCUT2D eigenvalue weighted by molar-refractivity contribution is 6.03. The topological polar surface area (TPSA) is 58.1 Å². The van der Waals surface area contributed by atoms with Crippen molar-refractivity contribution in [3.63, 3.8) is 0 Å². The number of nitrogens with zero attached hydrogens (tertiary/aromatic N) is 3. The van der Waals surface area contributed by atoms with Gasteiger partial charge in [-0.05, 0) is 49.2 Å². The van der Waals surface area contributed by atoms with Gasteiger partial charge in [-0.1, -0.05) is 24.3 Å². The molecule has 0 aliphatic rings. The lowest BCUT2D eigenvalue weighted by atomic mass is 10.1. The van der Waals surface area contributed by atoms with Crippen molar-refractivity contribution in [3.8, 4) is 0 Å². The third-order valence-corrected chi connectivity index (χ3v) is 4.14. The largest absolute Gasteiger partial charge is 0.329 e. The number of nitrogens with one attached hydrogen (secondary N) is 1. The zero-order valence-corrected chi connectivity index (χ0v) is 14.5. The van der Waals surface area contributed by atoms with E-state index in [2.05, 4.69) is 15.3 Å². The molecule has 3 rings (SSSR count). The number of carbonyl (C=O) groups excluding carboxylic acids is 1. The van der Waals surface area contributed by atoms with Crippen LogP contribution in [0, 0.1) is 13.8 Å². The number of amides is 1. The van der Waals surface area contributed by atoms with Gasteiger partial charge in [-0.2, -0.15) is 0 Å². The molecule has 0 aliphatic heterocycles. The van der Waals surface area contributed by atoms with E-state index in [9.17, 15) is 4.79 Å². The fourth-order valence-corrected chi connectivity index (χ4v) is 2.45. The van der Waals surface area contributed by atoms with Crippen molar-refractivity contribution in [2.45, 2.75) is 13.8 Å². The molecular formula is C20H20N4O. The summed E-state index contributed by atoms with van der Waals surface area (Å²) in [6.45, 7) is 4.06. The summed E-state index contributed by atoms with van der Waals surface area (Å²) < 4.78 is 0.